The van der Waals surface area contributed by atoms with Crippen molar-refractivity contribution < 1.29 is 9.53 Å². The van der Waals surface area contributed by atoms with Gasteiger partial charge in [0.2, 0.25) is 5.91 Å². The molecule has 1 heterocycles. The molecular weight excluding hydrogens is 491 g/mol. The molecule has 0 saturated heterocycles. The lowest BCUT2D eigenvalue weighted by atomic mass is 9.87. The van der Waals surface area contributed by atoms with Gasteiger partial charge in [-0.05, 0) is 48.2 Å². The van der Waals surface area contributed by atoms with E-state index in [1.54, 1.807) is 24.3 Å². The van der Waals surface area contributed by atoms with Gasteiger partial charge in [-0.25, -0.2) is 0 Å². The maximum Gasteiger partial charge on any atom is 0.234 e. The van der Waals surface area contributed by atoms with E-state index in [1.807, 2.05) is 23.6 Å². The summed E-state index contributed by atoms with van der Waals surface area (Å²) in [7, 11) is 0. The maximum absolute atomic E-state index is 12.4. The maximum atomic E-state index is 12.4. The molecule has 180 valence electrons. The zero-order chi connectivity index (χ0) is 24.9. The van der Waals surface area contributed by atoms with E-state index in [9.17, 15) is 4.79 Å². The average molecular weight is 519 g/mol. The summed E-state index contributed by atoms with van der Waals surface area (Å²) in [6.07, 6.45) is 1.42. The van der Waals surface area contributed by atoms with Crippen molar-refractivity contribution in [2.24, 2.45) is 0 Å². The van der Waals surface area contributed by atoms with Crippen LogP contribution in [0.3, 0.4) is 0 Å². The second-order valence-corrected chi connectivity index (χ2v) is 10.5. The number of ether oxygens (including phenoxy) is 1. The SMILES string of the molecule is C=CCn1c(SCC(=O)Nc2ccc(Cl)cc2Cl)nnc1C(C)Oc1ccc(C(C)(C)C)cc1. The summed E-state index contributed by atoms with van der Waals surface area (Å²) < 4.78 is 8.02. The number of nitrogens with one attached hydrogen (secondary N) is 1. The highest BCUT2D eigenvalue weighted by Gasteiger charge is 2.20. The van der Waals surface area contributed by atoms with Crippen LogP contribution in [0.2, 0.25) is 10.0 Å². The highest BCUT2D eigenvalue weighted by atomic mass is 35.5. The van der Waals surface area contributed by atoms with Crippen molar-refractivity contribution >= 4 is 46.6 Å². The van der Waals surface area contributed by atoms with Gasteiger partial charge < -0.3 is 10.1 Å². The van der Waals surface area contributed by atoms with Crippen molar-refractivity contribution in [1.29, 1.82) is 0 Å². The van der Waals surface area contributed by atoms with Crippen LogP contribution in [-0.2, 0) is 16.8 Å². The van der Waals surface area contributed by atoms with Crippen LogP contribution in [0.1, 0.15) is 45.2 Å². The Bertz CT molecular complexity index is 1160. The molecule has 1 atom stereocenters. The summed E-state index contributed by atoms with van der Waals surface area (Å²) in [4.78, 5) is 12.4. The predicted octanol–water partition coefficient (Wildman–Crippen LogP) is 6.94. The first kappa shape index (κ1) is 26.1. The number of carbonyl (C=O) groups excluding carboxylic acids is 1. The number of amides is 1. The Morgan fingerprint density at radius 3 is 2.53 bits per heavy atom. The Hall–Kier alpha value is -2.48. The third-order valence-electron chi connectivity index (χ3n) is 4.99. The van der Waals surface area contributed by atoms with Crippen LogP contribution in [0, 0.1) is 0 Å². The number of aromatic nitrogens is 3. The van der Waals surface area contributed by atoms with Gasteiger partial charge in [-0.3, -0.25) is 9.36 Å². The normalized spacial score (nSPS) is 12.3. The predicted molar refractivity (Wildman–Crippen MR) is 140 cm³/mol. The number of rotatable bonds is 9. The highest BCUT2D eigenvalue weighted by Crippen LogP contribution is 2.29. The molecule has 0 aliphatic rings. The van der Waals surface area contributed by atoms with Crippen LogP contribution in [0.25, 0.3) is 0 Å². The molecule has 0 aliphatic carbocycles. The Kier molecular flexibility index (Phi) is 8.68. The topological polar surface area (TPSA) is 69.0 Å². The molecule has 0 radical (unpaired) electrons. The van der Waals surface area contributed by atoms with Gasteiger partial charge in [0.15, 0.2) is 17.1 Å². The van der Waals surface area contributed by atoms with E-state index in [4.69, 9.17) is 27.9 Å². The number of hydrogen-bond acceptors (Lipinski definition) is 5. The van der Waals surface area contributed by atoms with E-state index < -0.39 is 0 Å². The van der Waals surface area contributed by atoms with Crippen LogP contribution in [0.5, 0.6) is 5.75 Å². The van der Waals surface area contributed by atoms with Gasteiger partial charge in [0.05, 0.1) is 16.5 Å². The fraction of sp³-hybridized carbons (Fsp3) is 0.320. The molecule has 3 rings (SSSR count). The standard InChI is InChI=1S/C25H28Cl2N4O2S/c1-6-13-31-23(16(2)33-19-10-7-17(8-11-19)25(3,4)5)29-30-24(31)34-15-22(32)28-21-12-9-18(26)14-20(21)27/h6-12,14,16H,1,13,15H2,2-5H3,(H,28,32). The molecule has 0 spiro atoms. The summed E-state index contributed by atoms with van der Waals surface area (Å²) in [6, 6.07) is 13.0. The lowest BCUT2D eigenvalue weighted by molar-refractivity contribution is -0.113. The molecule has 0 fully saturated rings. The quantitative estimate of drug-likeness (QED) is 0.245. The van der Waals surface area contributed by atoms with Crippen LogP contribution < -0.4 is 10.1 Å². The second-order valence-electron chi connectivity index (χ2n) is 8.74. The highest BCUT2D eigenvalue weighted by molar-refractivity contribution is 7.99. The van der Waals surface area contributed by atoms with E-state index in [1.165, 1.54) is 17.3 Å². The minimum absolute atomic E-state index is 0.0750. The molecule has 1 N–H and O–H groups in total. The number of nitrogens with zero attached hydrogens (tertiary/aromatic N) is 3. The summed E-state index contributed by atoms with van der Waals surface area (Å²) in [5, 5.41) is 12.9. The first-order valence-electron chi connectivity index (χ1n) is 10.8. The number of halogens is 2. The zero-order valence-corrected chi connectivity index (χ0v) is 22.0. The average Bonchev–Trinajstić information content (AvgIpc) is 3.17. The summed E-state index contributed by atoms with van der Waals surface area (Å²) in [5.41, 5.74) is 1.81. The van der Waals surface area contributed by atoms with Crippen LogP contribution in [0.4, 0.5) is 5.69 Å². The van der Waals surface area contributed by atoms with Crippen molar-refractivity contribution in [3.05, 3.63) is 76.6 Å². The lowest BCUT2D eigenvalue weighted by Crippen LogP contribution is -2.16. The molecule has 1 amide bonds. The summed E-state index contributed by atoms with van der Waals surface area (Å²) in [6.45, 7) is 12.8. The number of carbonyl (C=O) groups is 1. The number of anilines is 1. The van der Waals surface area contributed by atoms with Gasteiger partial charge in [-0.15, -0.1) is 16.8 Å². The third kappa shape index (κ3) is 6.78. The molecule has 9 heteroatoms. The fourth-order valence-electron chi connectivity index (χ4n) is 3.21. The lowest BCUT2D eigenvalue weighted by Gasteiger charge is -2.20. The monoisotopic (exact) mass is 518 g/mol. The molecule has 34 heavy (non-hydrogen) atoms. The van der Waals surface area contributed by atoms with E-state index in [2.05, 4.69) is 55.0 Å². The van der Waals surface area contributed by atoms with E-state index >= 15 is 0 Å². The van der Waals surface area contributed by atoms with Gasteiger partial charge in [0.1, 0.15) is 5.75 Å². The molecule has 0 bridgehead atoms. The summed E-state index contributed by atoms with van der Waals surface area (Å²) in [5.74, 6) is 1.33. The van der Waals surface area contributed by atoms with E-state index in [-0.39, 0.29) is 23.2 Å². The first-order valence-corrected chi connectivity index (χ1v) is 12.5. The first-order chi connectivity index (χ1) is 16.1. The van der Waals surface area contributed by atoms with Crippen molar-refractivity contribution in [2.45, 2.75) is 50.9 Å². The molecule has 2 aromatic carbocycles. The number of benzene rings is 2. The van der Waals surface area contributed by atoms with Crippen LogP contribution in [0.15, 0.2) is 60.3 Å². The minimum atomic E-state index is -0.344. The number of allylic oxidation sites excluding steroid dienone is 1. The van der Waals surface area contributed by atoms with E-state index in [0.29, 0.717) is 33.3 Å². The second kappa shape index (κ2) is 11.3. The molecule has 3 aromatic rings. The van der Waals surface area contributed by atoms with E-state index in [0.717, 1.165) is 5.75 Å². The van der Waals surface area contributed by atoms with Crippen molar-refractivity contribution in [3.8, 4) is 5.75 Å². The Balaban J connectivity index is 1.67. The smallest absolute Gasteiger partial charge is 0.234 e. The minimum Gasteiger partial charge on any atom is -0.483 e. The molecule has 0 aliphatic heterocycles. The molecule has 1 unspecified atom stereocenters. The zero-order valence-electron chi connectivity index (χ0n) is 19.6. The number of thioether (sulfide) groups is 1. The van der Waals surface area contributed by atoms with Crippen molar-refractivity contribution in [2.75, 3.05) is 11.1 Å². The van der Waals surface area contributed by atoms with Gasteiger partial charge in [0.25, 0.3) is 0 Å². The molecule has 0 saturated carbocycles. The molecule has 6 nitrogen and oxygen atoms in total. The Morgan fingerprint density at radius 2 is 1.91 bits per heavy atom. The Labute approximate surface area is 214 Å². The van der Waals surface area contributed by atoms with Gasteiger partial charge in [-0.1, -0.05) is 73.9 Å². The Morgan fingerprint density at radius 1 is 1.21 bits per heavy atom. The van der Waals surface area contributed by atoms with Crippen LogP contribution >= 0.6 is 35.0 Å². The largest absolute Gasteiger partial charge is 0.483 e. The van der Waals surface area contributed by atoms with Gasteiger partial charge >= 0.3 is 0 Å². The number of hydrogen-bond donors (Lipinski definition) is 1. The van der Waals surface area contributed by atoms with Crippen LogP contribution in [-0.4, -0.2) is 26.4 Å². The van der Waals surface area contributed by atoms with Crippen molar-refractivity contribution in [3.63, 3.8) is 0 Å². The van der Waals surface area contributed by atoms with Crippen molar-refractivity contribution in [1.82, 2.24) is 14.8 Å². The summed E-state index contributed by atoms with van der Waals surface area (Å²) >= 11 is 13.3. The van der Waals surface area contributed by atoms with Gasteiger partial charge in [0, 0.05) is 11.6 Å². The third-order valence-corrected chi connectivity index (χ3v) is 6.51. The van der Waals surface area contributed by atoms with Gasteiger partial charge in [-0.2, -0.15) is 0 Å². The molecular formula is C25H28Cl2N4O2S. The molecule has 1 aromatic heterocycles. The fourth-order valence-corrected chi connectivity index (χ4v) is 4.42.